The van der Waals surface area contributed by atoms with Gasteiger partial charge in [0.1, 0.15) is 5.82 Å². The van der Waals surface area contributed by atoms with Gasteiger partial charge in [-0.05, 0) is 63.7 Å². The number of hydrogen-bond donors (Lipinski definition) is 0. The SMILES string of the molecule is CC.CCc1ccc(-c2ccc(CN(C(=O)CC(C)(C)C)c3nccc4cc(C(=O)OC)ccc34)cc2)cc1. The van der Waals surface area contributed by atoms with Gasteiger partial charge in [-0.15, -0.1) is 0 Å². The van der Waals surface area contributed by atoms with Crippen LogP contribution in [0.15, 0.2) is 79.0 Å². The van der Waals surface area contributed by atoms with Gasteiger partial charge in [0.25, 0.3) is 0 Å². The van der Waals surface area contributed by atoms with Crippen LogP contribution < -0.4 is 4.90 Å². The molecule has 0 bridgehead atoms. The van der Waals surface area contributed by atoms with Gasteiger partial charge in [-0.3, -0.25) is 9.69 Å². The van der Waals surface area contributed by atoms with Gasteiger partial charge in [-0.1, -0.05) is 90.1 Å². The summed E-state index contributed by atoms with van der Waals surface area (Å²) in [4.78, 5) is 32.0. The minimum Gasteiger partial charge on any atom is -0.465 e. The number of benzene rings is 3. The lowest BCUT2D eigenvalue weighted by molar-refractivity contribution is -0.120. The van der Waals surface area contributed by atoms with Crippen molar-refractivity contribution in [1.29, 1.82) is 0 Å². The topological polar surface area (TPSA) is 59.5 Å². The first-order chi connectivity index (χ1) is 18.7. The zero-order valence-corrected chi connectivity index (χ0v) is 24.2. The average molecular weight is 525 g/mol. The van der Waals surface area contributed by atoms with Crippen molar-refractivity contribution in [1.82, 2.24) is 4.98 Å². The third kappa shape index (κ3) is 7.53. The van der Waals surface area contributed by atoms with Crippen LogP contribution in [0.5, 0.6) is 0 Å². The number of nitrogens with zero attached hydrogens (tertiary/aromatic N) is 2. The first-order valence-corrected chi connectivity index (χ1v) is 13.6. The van der Waals surface area contributed by atoms with E-state index in [2.05, 4.69) is 81.2 Å². The number of carbonyl (C=O) groups is 2. The Morgan fingerprint density at radius 1 is 0.846 bits per heavy atom. The Morgan fingerprint density at radius 3 is 1.97 bits per heavy atom. The Bertz CT molecular complexity index is 1400. The van der Waals surface area contributed by atoms with Crippen molar-refractivity contribution in [2.45, 2.75) is 60.9 Å². The molecule has 4 aromatic rings. The minimum atomic E-state index is -0.398. The van der Waals surface area contributed by atoms with Gasteiger partial charge in [0, 0.05) is 18.0 Å². The fourth-order valence-electron chi connectivity index (χ4n) is 4.37. The molecular weight excluding hydrogens is 484 g/mol. The zero-order valence-electron chi connectivity index (χ0n) is 24.2. The predicted octanol–water partition coefficient (Wildman–Crippen LogP) is 8.25. The van der Waals surface area contributed by atoms with Crippen molar-refractivity contribution >= 4 is 28.5 Å². The molecular formula is C34H40N2O3. The summed E-state index contributed by atoms with van der Waals surface area (Å²) in [6.07, 6.45) is 3.08. The molecule has 0 fully saturated rings. The Labute approximate surface area is 232 Å². The molecule has 1 aromatic heterocycles. The van der Waals surface area contributed by atoms with Crippen LogP contribution in [-0.2, 0) is 22.5 Å². The number of hydrogen-bond acceptors (Lipinski definition) is 4. The number of fused-ring (bicyclic) bond motifs is 1. The van der Waals surface area contributed by atoms with Crippen molar-refractivity contribution in [3.63, 3.8) is 0 Å². The van der Waals surface area contributed by atoms with Gasteiger partial charge >= 0.3 is 5.97 Å². The third-order valence-corrected chi connectivity index (χ3v) is 6.39. The van der Waals surface area contributed by atoms with Crippen LogP contribution in [0.3, 0.4) is 0 Å². The Balaban J connectivity index is 0.00000205. The molecule has 4 rings (SSSR count). The minimum absolute atomic E-state index is 0.00350. The van der Waals surface area contributed by atoms with E-state index < -0.39 is 5.97 Å². The summed E-state index contributed by atoms with van der Waals surface area (Å²) in [6, 6.07) is 24.1. The van der Waals surface area contributed by atoms with E-state index in [-0.39, 0.29) is 11.3 Å². The van der Waals surface area contributed by atoms with Gasteiger partial charge in [-0.2, -0.15) is 0 Å². The van der Waals surface area contributed by atoms with Gasteiger partial charge in [0.05, 0.1) is 19.2 Å². The third-order valence-electron chi connectivity index (χ3n) is 6.39. The second-order valence-electron chi connectivity index (χ2n) is 10.5. The van der Waals surface area contributed by atoms with Gasteiger partial charge < -0.3 is 4.74 Å². The van der Waals surface area contributed by atoms with Crippen LogP contribution in [0.1, 0.15) is 69.4 Å². The number of pyridine rings is 1. The molecule has 0 atom stereocenters. The van der Waals surface area contributed by atoms with E-state index in [0.29, 0.717) is 24.3 Å². The Kier molecular flexibility index (Phi) is 10.00. The summed E-state index contributed by atoms with van der Waals surface area (Å²) in [6.45, 7) is 12.7. The Hall–Kier alpha value is -3.99. The standard InChI is InChI=1S/C32H34N2O3.C2H6/c1-6-22-7-11-24(12-8-22)25-13-9-23(10-14-25)21-34(29(35)20-32(2,3)4)30-28-16-15-27(31(36)37-5)19-26(28)17-18-33-30;1-2/h7-19H,6,20-21H2,1-5H3;1-2H3. The largest absolute Gasteiger partial charge is 0.465 e. The molecule has 5 nitrogen and oxygen atoms in total. The molecule has 0 saturated heterocycles. The summed E-state index contributed by atoms with van der Waals surface area (Å²) in [7, 11) is 1.36. The number of esters is 1. The second kappa shape index (κ2) is 13.2. The molecule has 39 heavy (non-hydrogen) atoms. The number of methoxy groups -OCH3 is 1. The molecule has 3 aromatic carbocycles. The van der Waals surface area contributed by atoms with Gasteiger partial charge in [-0.25, -0.2) is 9.78 Å². The Morgan fingerprint density at radius 2 is 1.44 bits per heavy atom. The molecule has 0 radical (unpaired) electrons. The lowest BCUT2D eigenvalue weighted by Gasteiger charge is -2.27. The van der Waals surface area contributed by atoms with E-state index in [1.807, 2.05) is 26.0 Å². The molecule has 0 aliphatic heterocycles. The van der Waals surface area contributed by atoms with Crippen LogP contribution in [-0.4, -0.2) is 24.0 Å². The van der Waals surface area contributed by atoms with Crippen LogP contribution in [0.25, 0.3) is 21.9 Å². The van der Waals surface area contributed by atoms with E-state index in [1.165, 1.54) is 18.2 Å². The van der Waals surface area contributed by atoms with Crippen molar-refractivity contribution in [3.05, 3.63) is 95.7 Å². The summed E-state index contributed by atoms with van der Waals surface area (Å²) < 4.78 is 4.87. The highest BCUT2D eigenvalue weighted by Crippen LogP contribution is 2.30. The molecule has 0 aliphatic carbocycles. The maximum Gasteiger partial charge on any atom is 0.337 e. The van der Waals surface area contributed by atoms with E-state index in [4.69, 9.17) is 4.74 Å². The highest BCUT2D eigenvalue weighted by Gasteiger charge is 2.25. The predicted molar refractivity (Wildman–Crippen MR) is 161 cm³/mol. The van der Waals surface area contributed by atoms with Crippen LogP contribution in [0.2, 0.25) is 0 Å². The van der Waals surface area contributed by atoms with E-state index in [9.17, 15) is 9.59 Å². The molecule has 1 amide bonds. The molecule has 5 heteroatoms. The number of rotatable bonds is 7. The second-order valence-corrected chi connectivity index (χ2v) is 10.5. The highest BCUT2D eigenvalue weighted by molar-refractivity contribution is 6.04. The first kappa shape index (κ1) is 29.6. The fourth-order valence-corrected chi connectivity index (χ4v) is 4.37. The first-order valence-electron chi connectivity index (χ1n) is 13.6. The summed E-state index contributed by atoms with van der Waals surface area (Å²) in [5, 5.41) is 1.64. The maximum atomic E-state index is 13.6. The lowest BCUT2D eigenvalue weighted by atomic mass is 9.91. The van der Waals surface area contributed by atoms with Crippen molar-refractivity contribution in [3.8, 4) is 11.1 Å². The number of ether oxygens (including phenoxy) is 1. The average Bonchev–Trinajstić information content (AvgIpc) is 2.95. The van der Waals surface area contributed by atoms with Crippen LogP contribution in [0.4, 0.5) is 5.82 Å². The molecule has 0 aliphatic rings. The fraction of sp³-hybridized carbons (Fsp3) is 0.324. The molecule has 0 N–H and O–H groups in total. The summed E-state index contributed by atoms with van der Waals surface area (Å²) in [5.74, 6) is 0.191. The number of aromatic nitrogens is 1. The number of anilines is 1. The van der Waals surface area contributed by atoms with Crippen molar-refractivity contribution < 1.29 is 14.3 Å². The monoisotopic (exact) mass is 524 g/mol. The number of amides is 1. The van der Waals surface area contributed by atoms with E-state index >= 15 is 0 Å². The molecule has 204 valence electrons. The molecule has 1 heterocycles. The molecule has 0 spiro atoms. The zero-order chi connectivity index (χ0) is 28.6. The smallest absolute Gasteiger partial charge is 0.337 e. The van der Waals surface area contributed by atoms with E-state index in [0.717, 1.165) is 28.3 Å². The van der Waals surface area contributed by atoms with Gasteiger partial charge in [0.2, 0.25) is 5.91 Å². The quantitative estimate of drug-likeness (QED) is 0.228. The van der Waals surface area contributed by atoms with Crippen molar-refractivity contribution in [2.24, 2.45) is 5.41 Å². The van der Waals surface area contributed by atoms with Gasteiger partial charge in [0.15, 0.2) is 0 Å². The number of aryl methyl sites for hydroxylation is 1. The molecule has 0 unspecified atom stereocenters. The summed E-state index contributed by atoms with van der Waals surface area (Å²) in [5.41, 5.74) is 4.92. The molecule has 0 saturated carbocycles. The van der Waals surface area contributed by atoms with Crippen LogP contribution in [0, 0.1) is 5.41 Å². The normalized spacial score (nSPS) is 10.9. The van der Waals surface area contributed by atoms with Crippen LogP contribution >= 0.6 is 0 Å². The summed E-state index contributed by atoms with van der Waals surface area (Å²) >= 11 is 0. The van der Waals surface area contributed by atoms with E-state index in [1.54, 1.807) is 23.2 Å². The lowest BCUT2D eigenvalue weighted by Crippen LogP contribution is -2.34. The number of carbonyl (C=O) groups excluding carboxylic acids is 2. The van der Waals surface area contributed by atoms with Crippen molar-refractivity contribution in [2.75, 3.05) is 12.0 Å². The highest BCUT2D eigenvalue weighted by atomic mass is 16.5. The maximum absolute atomic E-state index is 13.6.